The van der Waals surface area contributed by atoms with E-state index in [-0.39, 0.29) is 5.91 Å². The summed E-state index contributed by atoms with van der Waals surface area (Å²) in [5.41, 5.74) is 7.53. The first kappa shape index (κ1) is 15.2. The molecule has 0 saturated heterocycles. The molecule has 0 aliphatic rings. The van der Waals surface area contributed by atoms with E-state index >= 15 is 0 Å². The van der Waals surface area contributed by atoms with Crippen molar-refractivity contribution in [3.8, 4) is 0 Å². The number of benzene rings is 2. The van der Waals surface area contributed by atoms with Gasteiger partial charge < -0.3 is 11.1 Å². The number of carbonyl (C=O) groups excluding carboxylic acids is 1. The van der Waals surface area contributed by atoms with Crippen LogP contribution in [-0.4, -0.2) is 10.9 Å². The van der Waals surface area contributed by atoms with E-state index in [9.17, 15) is 4.79 Å². The number of hydrogen-bond donors (Lipinski definition) is 2. The van der Waals surface area contributed by atoms with Gasteiger partial charge in [0.05, 0.1) is 11.3 Å². The highest BCUT2D eigenvalue weighted by Crippen LogP contribution is 2.25. The third-order valence-corrected chi connectivity index (χ3v) is 4.20. The minimum atomic E-state index is -0.193. The Kier molecular flexibility index (Phi) is 4.91. The average Bonchev–Trinajstić information content (AvgIpc) is 2.41. The zero-order chi connectivity index (χ0) is 14.7. The molecule has 3 nitrogen and oxygen atoms in total. The molecule has 0 radical (unpaired) electrons. The smallest absolute Gasteiger partial charge is 0.256 e. The summed E-state index contributed by atoms with van der Waals surface area (Å²) in [4.78, 5) is 12.5. The molecule has 0 fully saturated rings. The lowest BCUT2D eigenvalue weighted by atomic mass is 10.2. The van der Waals surface area contributed by atoms with Crippen molar-refractivity contribution in [2.75, 3.05) is 5.32 Å². The number of anilines is 1. The fourth-order valence-electron chi connectivity index (χ4n) is 1.60. The molecule has 0 aliphatic heterocycles. The second kappa shape index (κ2) is 6.47. The third-order valence-electron chi connectivity index (χ3n) is 2.62. The van der Waals surface area contributed by atoms with Gasteiger partial charge >= 0.3 is 0 Å². The molecule has 0 atom stereocenters. The van der Waals surface area contributed by atoms with Gasteiger partial charge in [-0.25, -0.2) is 0 Å². The summed E-state index contributed by atoms with van der Waals surface area (Å²) in [7, 11) is 0. The lowest BCUT2D eigenvalue weighted by Gasteiger charge is -2.10. The van der Waals surface area contributed by atoms with Crippen molar-refractivity contribution in [1.29, 1.82) is 0 Å². The van der Waals surface area contributed by atoms with Gasteiger partial charge in [0.15, 0.2) is 0 Å². The van der Waals surface area contributed by atoms with Gasteiger partial charge in [0, 0.05) is 14.5 Å². The summed E-state index contributed by atoms with van der Waals surface area (Å²) in [5, 5.41) is 2.83. The summed E-state index contributed by atoms with van der Waals surface area (Å²) < 4.78 is 1.47. The highest BCUT2D eigenvalue weighted by atomic mass is 79.9. The van der Waals surface area contributed by atoms with Crippen LogP contribution in [0.15, 0.2) is 51.4 Å². The molecule has 2 rings (SSSR count). The van der Waals surface area contributed by atoms with E-state index in [1.54, 1.807) is 24.3 Å². The van der Waals surface area contributed by atoms with E-state index in [0.29, 0.717) is 16.2 Å². The standard InChI is InChI=1S/C14H10Br2N2OS/c15-10-4-2-1-3-9(10)14(19)18-12-6-5-8(13(17)20)7-11(12)16/h1-7H,(H2,17,20)(H,18,19). The number of nitrogens with one attached hydrogen (secondary N) is 1. The maximum atomic E-state index is 12.2. The molecule has 0 spiro atoms. The van der Waals surface area contributed by atoms with E-state index in [1.807, 2.05) is 18.2 Å². The quantitative estimate of drug-likeness (QED) is 0.744. The SMILES string of the molecule is NC(=S)c1ccc(NC(=O)c2ccccc2Br)c(Br)c1. The van der Waals surface area contributed by atoms with E-state index < -0.39 is 0 Å². The zero-order valence-corrected chi connectivity index (χ0v) is 14.2. The van der Waals surface area contributed by atoms with E-state index in [4.69, 9.17) is 18.0 Å². The molecular formula is C14H10Br2N2OS. The van der Waals surface area contributed by atoms with E-state index in [2.05, 4.69) is 37.2 Å². The van der Waals surface area contributed by atoms with Crippen LogP contribution in [0.4, 0.5) is 5.69 Å². The average molecular weight is 414 g/mol. The van der Waals surface area contributed by atoms with Crippen LogP contribution in [0.5, 0.6) is 0 Å². The fraction of sp³-hybridized carbons (Fsp3) is 0. The van der Waals surface area contributed by atoms with Gasteiger partial charge in [-0.1, -0.05) is 24.4 Å². The molecule has 0 heterocycles. The molecule has 2 aromatic rings. The number of carbonyl (C=O) groups is 1. The Morgan fingerprint density at radius 2 is 1.80 bits per heavy atom. The van der Waals surface area contributed by atoms with Crippen molar-refractivity contribution in [3.63, 3.8) is 0 Å². The predicted molar refractivity (Wildman–Crippen MR) is 92.1 cm³/mol. The summed E-state index contributed by atoms with van der Waals surface area (Å²) in [6.07, 6.45) is 0. The molecule has 0 aromatic heterocycles. The van der Waals surface area contributed by atoms with Crippen molar-refractivity contribution in [1.82, 2.24) is 0 Å². The molecule has 1 amide bonds. The monoisotopic (exact) mass is 412 g/mol. The van der Waals surface area contributed by atoms with Gasteiger partial charge in [-0.15, -0.1) is 0 Å². The minimum absolute atomic E-state index is 0.193. The van der Waals surface area contributed by atoms with Gasteiger partial charge in [0.25, 0.3) is 5.91 Å². The maximum Gasteiger partial charge on any atom is 0.256 e. The molecule has 0 saturated carbocycles. The van der Waals surface area contributed by atoms with Gasteiger partial charge in [-0.3, -0.25) is 4.79 Å². The largest absolute Gasteiger partial charge is 0.389 e. The highest BCUT2D eigenvalue weighted by Gasteiger charge is 2.11. The van der Waals surface area contributed by atoms with Gasteiger partial charge in [-0.05, 0) is 62.2 Å². The Balaban J connectivity index is 2.25. The molecular weight excluding hydrogens is 404 g/mol. The third kappa shape index (κ3) is 3.45. The first-order valence-corrected chi connectivity index (χ1v) is 7.63. The first-order chi connectivity index (χ1) is 9.49. The van der Waals surface area contributed by atoms with Crippen molar-refractivity contribution >= 4 is 60.7 Å². The lowest BCUT2D eigenvalue weighted by Crippen LogP contribution is -2.14. The van der Waals surface area contributed by atoms with E-state index in [1.165, 1.54) is 0 Å². The van der Waals surface area contributed by atoms with Crippen LogP contribution in [0, 0.1) is 0 Å². The van der Waals surface area contributed by atoms with Crippen LogP contribution >= 0.6 is 44.1 Å². The fourth-order valence-corrected chi connectivity index (χ4v) is 2.67. The van der Waals surface area contributed by atoms with Crippen molar-refractivity contribution < 1.29 is 4.79 Å². The molecule has 3 N–H and O–H groups in total. The molecule has 2 aromatic carbocycles. The normalized spacial score (nSPS) is 10.1. The van der Waals surface area contributed by atoms with Crippen molar-refractivity contribution in [3.05, 3.63) is 62.5 Å². The van der Waals surface area contributed by atoms with Crippen molar-refractivity contribution in [2.45, 2.75) is 0 Å². The summed E-state index contributed by atoms with van der Waals surface area (Å²) in [6, 6.07) is 12.5. The Morgan fingerprint density at radius 3 is 2.40 bits per heavy atom. The predicted octanol–water partition coefficient (Wildman–Crippen LogP) is 4.10. The molecule has 0 aliphatic carbocycles. The summed E-state index contributed by atoms with van der Waals surface area (Å²) >= 11 is 11.7. The zero-order valence-electron chi connectivity index (χ0n) is 10.2. The molecule has 20 heavy (non-hydrogen) atoms. The number of thiocarbonyl (C=S) groups is 1. The molecule has 102 valence electrons. The number of nitrogens with two attached hydrogens (primary N) is 1. The second-order valence-electron chi connectivity index (χ2n) is 3.99. The molecule has 0 bridgehead atoms. The topological polar surface area (TPSA) is 55.1 Å². The lowest BCUT2D eigenvalue weighted by molar-refractivity contribution is 0.102. The minimum Gasteiger partial charge on any atom is -0.389 e. The van der Waals surface area contributed by atoms with Crippen LogP contribution in [-0.2, 0) is 0 Å². The summed E-state index contributed by atoms with van der Waals surface area (Å²) in [5.74, 6) is -0.193. The number of hydrogen-bond acceptors (Lipinski definition) is 2. The van der Waals surface area contributed by atoms with Crippen LogP contribution in [0.1, 0.15) is 15.9 Å². The highest BCUT2D eigenvalue weighted by molar-refractivity contribution is 9.11. The first-order valence-electron chi connectivity index (χ1n) is 5.64. The number of amides is 1. The Labute approximate surface area is 138 Å². The van der Waals surface area contributed by atoms with Crippen LogP contribution < -0.4 is 11.1 Å². The number of rotatable bonds is 3. The van der Waals surface area contributed by atoms with Gasteiger partial charge in [-0.2, -0.15) is 0 Å². The molecule has 0 unspecified atom stereocenters. The maximum absolute atomic E-state index is 12.2. The Morgan fingerprint density at radius 1 is 1.10 bits per heavy atom. The van der Waals surface area contributed by atoms with E-state index in [0.717, 1.165) is 14.5 Å². The Bertz CT molecular complexity index is 689. The second-order valence-corrected chi connectivity index (χ2v) is 6.14. The number of halogens is 2. The van der Waals surface area contributed by atoms with Gasteiger partial charge in [0.1, 0.15) is 4.99 Å². The van der Waals surface area contributed by atoms with Crippen LogP contribution in [0.3, 0.4) is 0 Å². The van der Waals surface area contributed by atoms with Gasteiger partial charge in [0.2, 0.25) is 0 Å². The van der Waals surface area contributed by atoms with Crippen LogP contribution in [0.25, 0.3) is 0 Å². The Hall–Kier alpha value is -1.24. The molecule has 6 heteroatoms. The summed E-state index contributed by atoms with van der Waals surface area (Å²) in [6.45, 7) is 0. The van der Waals surface area contributed by atoms with Crippen LogP contribution in [0.2, 0.25) is 0 Å². The van der Waals surface area contributed by atoms with Crippen molar-refractivity contribution in [2.24, 2.45) is 5.73 Å².